The SMILES string of the molecule is O=C(NCC1C=C(c2ccc(-c3ccccc3CN3CCCCCC3)cc2)NO1)c1ccc(Cl)s1. The molecule has 5 rings (SSSR count). The van der Waals surface area contributed by atoms with Gasteiger partial charge in [-0.1, -0.05) is 73.0 Å². The third-order valence-electron chi connectivity index (χ3n) is 6.55. The Hall–Kier alpha value is -2.64. The molecule has 1 aromatic heterocycles. The van der Waals surface area contributed by atoms with Gasteiger partial charge in [0.15, 0.2) is 0 Å². The van der Waals surface area contributed by atoms with Gasteiger partial charge in [0.1, 0.15) is 6.10 Å². The van der Waals surface area contributed by atoms with E-state index in [1.807, 2.05) is 6.08 Å². The zero-order valence-electron chi connectivity index (χ0n) is 19.6. The molecule has 35 heavy (non-hydrogen) atoms. The smallest absolute Gasteiger partial charge is 0.261 e. The number of hydroxylamine groups is 1. The van der Waals surface area contributed by atoms with E-state index in [1.54, 1.807) is 12.1 Å². The summed E-state index contributed by atoms with van der Waals surface area (Å²) in [7, 11) is 0. The molecule has 1 amide bonds. The largest absolute Gasteiger partial charge is 0.348 e. The highest BCUT2D eigenvalue weighted by Crippen LogP contribution is 2.28. The van der Waals surface area contributed by atoms with Crippen molar-refractivity contribution in [2.45, 2.75) is 38.3 Å². The number of amides is 1. The lowest BCUT2D eigenvalue weighted by Gasteiger charge is -2.21. The molecule has 182 valence electrons. The molecule has 1 saturated heterocycles. The Labute approximate surface area is 215 Å². The molecule has 7 heteroatoms. The van der Waals surface area contributed by atoms with Crippen LogP contribution < -0.4 is 10.8 Å². The molecule has 2 aliphatic rings. The van der Waals surface area contributed by atoms with Crippen LogP contribution in [0.4, 0.5) is 0 Å². The predicted molar refractivity (Wildman–Crippen MR) is 143 cm³/mol. The average molecular weight is 508 g/mol. The van der Waals surface area contributed by atoms with Gasteiger partial charge in [0.25, 0.3) is 5.91 Å². The van der Waals surface area contributed by atoms with E-state index < -0.39 is 0 Å². The first-order chi connectivity index (χ1) is 17.2. The van der Waals surface area contributed by atoms with E-state index in [2.05, 4.69) is 64.2 Å². The number of hydrogen-bond acceptors (Lipinski definition) is 5. The van der Waals surface area contributed by atoms with Gasteiger partial charge in [-0.25, -0.2) is 0 Å². The molecule has 5 nitrogen and oxygen atoms in total. The standard InChI is InChI=1S/C28H30ClN3O2S/c29-27-14-13-26(35-27)28(33)30-18-23-17-25(31-34-23)21-11-9-20(10-12-21)24-8-4-3-7-22(24)19-32-15-5-1-2-6-16-32/h3-4,7-14,17,23,31H,1-2,5-6,15-16,18-19H2,(H,30,33). The minimum absolute atomic E-state index is 0.143. The molecule has 1 atom stereocenters. The Kier molecular flexibility index (Phi) is 7.84. The van der Waals surface area contributed by atoms with Gasteiger partial charge in [-0.05, 0) is 66.4 Å². The van der Waals surface area contributed by atoms with Crippen LogP contribution in [0, 0.1) is 0 Å². The number of carbonyl (C=O) groups excluding carboxylic acids is 1. The van der Waals surface area contributed by atoms with Gasteiger partial charge in [0.05, 0.1) is 21.5 Å². The third kappa shape index (κ3) is 6.14. The van der Waals surface area contributed by atoms with Crippen LogP contribution in [0.5, 0.6) is 0 Å². The summed E-state index contributed by atoms with van der Waals surface area (Å²) in [5, 5.41) is 2.90. The maximum Gasteiger partial charge on any atom is 0.261 e. The topological polar surface area (TPSA) is 53.6 Å². The lowest BCUT2D eigenvalue weighted by molar-refractivity contribution is 0.0499. The molecule has 0 radical (unpaired) electrons. The van der Waals surface area contributed by atoms with Crippen molar-refractivity contribution in [1.29, 1.82) is 0 Å². The van der Waals surface area contributed by atoms with E-state index in [-0.39, 0.29) is 12.0 Å². The normalized spacial score (nSPS) is 18.5. The van der Waals surface area contributed by atoms with Gasteiger partial charge in [0, 0.05) is 6.54 Å². The third-order valence-corrected chi connectivity index (χ3v) is 7.78. The monoisotopic (exact) mass is 507 g/mol. The van der Waals surface area contributed by atoms with Gasteiger partial charge >= 0.3 is 0 Å². The van der Waals surface area contributed by atoms with Crippen LogP contribution in [0.25, 0.3) is 16.8 Å². The second-order valence-electron chi connectivity index (χ2n) is 9.08. The molecule has 1 unspecified atom stereocenters. The van der Waals surface area contributed by atoms with Crippen molar-refractivity contribution in [3.8, 4) is 11.1 Å². The Bertz CT molecular complexity index is 1180. The Morgan fingerprint density at radius 3 is 2.49 bits per heavy atom. The van der Waals surface area contributed by atoms with Gasteiger partial charge < -0.3 is 5.32 Å². The number of thiophene rings is 1. The van der Waals surface area contributed by atoms with Crippen LogP contribution in [0.1, 0.15) is 46.5 Å². The van der Waals surface area contributed by atoms with Crippen LogP contribution in [0.2, 0.25) is 4.34 Å². The van der Waals surface area contributed by atoms with Gasteiger partial charge in [0.2, 0.25) is 0 Å². The van der Waals surface area contributed by atoms with Crippen molar-refractivity contribution >= 4 is 34.5 Å². The molecule has 2 N–H and O–H groups in total. The summed E-state index contributed by atoms with van der Waals surface area (Å²) in [5.41, 5.74) is 8.86. The molecule has 1 fully saturated rings. The predicted octanol–water partition coefficient (Wildman–Crippen LogP) is 6.12. The number of carbonyl (C=O) groups is 1. The van der Waals surface area contributed by atoms with Crippen LogP contribution in [0.15, 0.2) is 66.7 Å². The maximum atomic E-state index is 12.2. The van der Waals surface area contributed by atoms with E-state index in [4.69, 9.17) is 16.4 Å². The number of likely N-dealkylation sites (tertiary alicyclic amines) is 1. The van der Waals surface area contributed by atoms with Crippen molar-refractivity contribution in [1.82, 2.24) is 15.7 Å². The summed E-state index contributed by atoms with van der Waals surface area (Å²) in [4.78, 5) is 21.1. The van der Waals surface area contributed by atoms with E-state index >= 15 is 0 Å². The molecular formula is C28H30ClN3O2S. The zero-order valence-corrected chi connectivity index (χ0v) is 21.2. The zero-order chi connectivity index (χ0) is 24.0. The van der Waals surface area contributed by atoms with Crippen LogP contribution >= 0.6 is 22.9 Å². The highest BCUT2D eigenvalue weighted by atomic mass is 35.5. The molecule has 0 bridgehead atoms. The number of rotatable bonds is 7. The summed E-state index contributed by atoms with van der Waals surface area (Å²) < 4.78 is 0.601. The van der Waals surface area contributed by atoms with E-state index in [9.17, 15) is 4.79 Å². The number of benzene rings is 2. The van der Waals surface area contributed by atoms with Gasteiger partial charge in [-0.15, -0.1) is 11.3 Å². The first kappa shape index (κ1) is 24.1. The van der Waals surface area contributed by atoms with E-state index in [1.165, 1.54) is 66.8 Å². The van der Waals surface area contributed by atoms with Crippen LogP contribution in [-0.2, 0) is 11.4 Å². The van der Waals surface area contributed by atoms with Crippen molar-refractivity contribution in [3.63, 3.8) is 0 Å². The van der Waals surface area contributed by atoms with Crippen LogP contribution in [-0.4, -0.2) is 36.5 Å². The summed E-state index contributed by atoms with van der Waals surface area (Å²) in [6.45, 7) is 3.77. The Balaban J connectivity index is 1.23. The Morgan fingerprint density at radius 1 is 1.00 bits per heavy atom. The molecule has 0 spiro atoms. The maximum absolute atomic E-state index is 12.2. The highest BCUT2D eigenvalue weighted by molar-refractivity contribution is 7.18. The molecule has 2 aromatic carbocycles. The second-order valence-corrected chi connectivity index (χ2v) is 10.8. The molecular weight excluding hydrogens is 478 g/mol. The fraction of sp³-hybridized carbons (Fsp3) is 0.321. The number of nitrogens with one attached hydrogen (secondary N) is 2. The van der Waals surface area contributed by atoms with E-state index in [0.717, 1.165) is 17.8 Å². The average Bonchev–Trinajstić information content (AvgIpc) is 3.46. The fourth-order valence-corrected chi connectivity index (χ4v) is 5.63. The lowest BCUT2D eigenvalue weighted by Crippen LogP contribution is -2.31. The number of halogens is 1. The lowest BCUT2D eigenvalue weighted by atomic mass is 9.97. The molecule has 3 aromatic rings. The van der Waals surface area contributed by atoms with Crippen molar-refractivity contribution in [2.24, 2.45) is 0 Å². The minimum atomic E-state index is -0.238. The first-order valence-electron chi connectivity index (χ1n) is 12.2. The van der Waals surface area contributed by atoms with Gasteiger partial charge in [-0.3, -0.25) is 20.0 Å². The quantitative estimate of drug-likeness (QED) is 0.404. The van der Waals surface area contributed by atoms with Crippen molar-refractivity contribution < 1.29 is 9.63 Å². The summed E-state index contributed by atoms with van der Waals surface area (Å²) in [6.07, 6.45) is 7.07. The summed E-state index contributed by atoms with van der Waals surface area (Å²) in [5.74, 6) is -0.143. The highest BCUT2D eigenvalue weighted by Gasteiger charge is 2.19. The summed E-state index contributed by atoms with van der Waals surface area (Å²) >= 11 is 7.18. The number of hydrogen-bond donors (Lipinski definition) is 2. The number of nitrogens with zero attached hydrogens (tertiary/aromatic N) is 1. The fourth-order valence-electron chi connectivity index (χ4n) is 4.67. The minimum Gasteiger partial charge on any atom is -0.348 e. The van der Waals surface area contributed by atoms with Crippen LogP contribution in [0.3, 0.4) is 0 Å². The molecule has 0 saturated carbocycles. The molecule has 2 aliphatic heterocycles. The first-order valence-corrected chi connectivity index (χ1v) is 13.4. The van der Waals surface area contributed by atoms with Crippen molar-refractivity contribution in [3.05, 3.63) is 87.1 Å². The summed E-state index contributed by atoms with van der Waals surface area (Å²) in [6, 6.07) is 20.8. The second kappa shape index (κ2) is 11.4. The molecule has 0 aliphatic carbocycles. The molecule has 3 heterocycles. The van der Waals surface area contributed by atoms with E-state index in [0.29, 0.717) is 15.8 Å². The van der Waals surface area contributed by atoms with Gasteiger partial charge in [-0.2, -0.15) is 0 Å². The Morgan fingerprint density at radius 2 is 1.74 bits per heavy atom. The van der Waals surface area contributed by atoms with Crippen molar-refractivity contribution in [2.75, 3.05) is 19.6 Å².